The molecule has 0 spiro atoms. The van der Waals surface area contributed by atoms with Crippen molar-refractivity contribution in [2.24, 2.45) is 13.0 Å². The molecule has 16 atom stereocenters. The average Bonchev–Trinajstić information content (AvgIpc) is 3.79. The summed E-state index contributed by atoms with van der Waals surface area (Å²) in [6.07, 6.45) is -12.0. The predicted octanol–water partition coefficient (Wildman–Crippen LogP) is -3.15. The largest absolute Gasteiger partial charge is 0.490 e. The molecule has 3 fully saturated rings. The van der Waals surface area contributed by atoms with Crippen LogP contribution >= 0.6 is 31.3 Å². The van der Waals surface area contributed by atoms with Crippen molar-refractivity contribution >= 4 is 88.4 Å². The molecule has 0 aromatic carbocycles. The summed E-state index contributed by atoms with van der Waals surface area (Å²) in [5.74, 6) is -2.28. The predicted molar refractivity (Wildman–Crippen MR) is 269 cm³/mol. The first-order valence-electron chi connectivity index (χ1n) is 24.2. The van der Waals surface area contributed by atoms with Crippen LogP contribution in [0, 0.1) is 5.92 Å². The van der Waals surface area contributed by atoms with E-state index in [2.05, 4.69) is 53.8 Å². The molecule has 1 amide bonds. The maximum absolute atomic E-state index is 13.8. The molecule has 3 saturated heterocycles. The van der Waals surface area contributed by atoms with Crippen LogP contribution < -0.4 is 38.2 Å². The highest BCUT2D eigenvalue weighted by atomic mass is 31.3. The van der Waals surface area contributed by atoms with Gasteiger partial charge in [0, 0.05) is 26.0 Å². The summed E-state index contributed by atoms with van der Waals surface area (Å²) in [4.78, 5) is 110. The van der Waals surface area contributed by atoms with Gasteiger partial charge in [0.05, 0.1) is 45.6 Å². The Labute approximate surface area is 457 Å². The fraction of sp³-hybridized carbons (Fsp3) is 0.579. The Bertz CT molecular complexity index is 3680. The standard InChI is InChI=1S/C38H54N16O24P4/c1-4-5-6-19(55)42-7-15-16(73-34(23(15)56)54-14-51(2)22-31(54)48-38(41)50-33(22)60)8-71-80(63,64)77-82(67,68)78-81(65,66)72-10-18-26(27(69-3)36(75-18)52-12-45-20-28(39)43-11-44-29(20)52)76-79(61,62)70-9-17-24(57)25(58)35(74-17)53-13-46-21-30(53)47-37(40)49-32(21)59/h11-18,23-27,34-36,56-58H,4-10H2,1-3H3,(H12-,39,40,41,42,43,44,47,48,49,50,55,59,60,61,62,63,64,65,66,67,68)/p+1/t15-,16-,17-,18-,23-,24-,25-,26-,27-,34-,35-,36-/m1/s1. The zero-order valence-corrected chi connectivity index (χ0v) is 46.3. The molecular weight excluding hydrogens is 1190 g/mol. The Hall–Kier alpha value is -5.64. The number of fused-ring (bicyclic) bond motifs is 3. The number of methoxy groups -OCH3 is 1. The maximum Gasteiger partial charge on any atom is 0.490 e. The van der Waals surface area contributed by atoms with Gasteiger partial charge in [-0.15, -0.1) is 0 Å². The van der Waals surface area contributed by atoms with Crippen LogP contribution in [0.3, 0.4) is 0 Å². The summed E-state index contributed by atoms with van der Waals surface area (Å²) in [5, 5.41) is 36.0. The number of ether oxygens (including phenoxy) is 4. The molecule has 44 heteroatoms. The van der Waals surface area contributed by atoms with E-state index in [-0.39, 0.29) is 64.2 Å². The van der Waals surface area contributed by atoms with Crippen molar-refractivity contribution in [1.29, 1.82) is 0 Å². The van der Waals surface area contributed by atoms with E-state index in [0.29, 0.717) is 12.8 Å². The van der Waals surface area contributed by atoms with E-state index in [9.17, 15) is 67.5 Å². The minimum atomic E-state index is -6.24. The second kappa shape index (κ2) is 23.8. The molecule has 0 saturated carbocycles. The van der Waals surface area contributed by atoms with Crippen molar-refractivity contribution in [2.45, 2.75) is 93.7 Å². The number of aromatic nitrogens is 12. The van der Waals surface area contributed by atoms with Gasteiger partial charge in [0.2, 0.25) is 23.6 Å². The number of aliphatic hydroxyl groups is 3. The fourth-order valence-corrected chi connectivity index (χ4v) is 13.8. The number of anilines is 3. The van der Waals surface area contributed by atoms with E-state index in [1.54, 1.807) is 0 Å². The second-order valence-corrected chi connectivity index (χ2v) is 24.6. The lowest BCUT2D eigenvalue weighted by molar-refractivity contribution is -0.745. The number of nitrogen functional groups attached to an aromatic ring is 3. The van der Waals surface area contributed by atoms with E-state index in [4.69, 9.17) is 54.2 Å². The average molecular weight is 1240 g/mol. The van der Waals surface area contributed by atoms with Crippen LogP contribution in [0.25, 0.3) is 33.5 Å². The number of nitrogens with one attached hydrogen (secondary N) is 3. The zero-order chi connectivity index (χ0) is 59.4. The van der Waals surface area contributed by atoms with Crippen LogP contribution in [-0.2, 0) is 75.8 Å². The van der Waals surface area contributed by atoms with Crippen LogP contribution in [0.2, 0.25) is 0 Å². The topological polar surface area (TPSA) is 571 Å². The SMILES string of the molecule is CCCCC(=O)NC[C@H]1[C@@H](O)[C@H]([n+]2cn(C)c3c(=O)[nH]c(N)nc32)O[C@@H]1COP(=O)(O)OP(=O)(O)OP(=O)(O)OC[C@H]1O[C@@H](n2cnc3c(N)ncnc32)[C@H](OC)[C@@H]1OP(=O)(O)OC[C@H]1O[C@@H](n2cnc3c(=O)[nH]c(N)nc32)[C@H](O)[C@@H]1O. The number of H-pyrrole nitrogens is 2. The van der Waals surface area contributed by atoms with Gasteiger partial charge in [-0.3, -0.25) is 56.1 Å². The lowest BCUT2D eigenvalue weighted by Gasteiger charge is -2.26. The summed E-state index contributed by atoms with van der Waals surface area (Å²) < 4.78 is 111. The number of amides is 1. The number of nitrogens with two attached hydrogens (primary N) is 3. The van der Waals surface area contributed by atoms with Crippen LogP contribution in [0.15, 0.2) is 34.9 Å². The molecule has 0 radical (unpaired) electrons. The van der Waals surface area contributed by atoms with Crippen LogP contribution in [0.1, 0.15) is 44.9 Å². The van der Waals surface area contributed by atoms with Crippen LogP contribution in [0.5, 0.6) is 0 Å². The third kappa shape index (κ3) is 12.9. The van der Waals surface area contributed by atoms with Crippen molar-refractivity contribution in [3.63, 3.8) is 0 Å². The molecule has 9 heterocycles. The first kappa shape index (κ1) is 60.9. The Morgan fingerprint density at radius 3 is 2.04 bits per heavy atom. The molecule has 3 aliphatic rings. The number of unbranched alkanes of at least 4 members (excludes halogenated alkanes) is 1. The van der Waals surface area contributed by atoms with Crippen molar-refractivity contribution < 1.29 is 108 Å². The Kier molecular flexibility index (Phi) is 17.7. The van der Waals surface area contributed by atoms with E-state index >= 15 is 0 Å². The molecular formula is C38H55N16O24P4+. The van der Waals surface area contributed by atoms with Gasteiger partial charge in [0.1, 0.15) is 54.6 Å². The van der Waals surface area contributed by atoms with E-state index < -0.39 is 142 Å². The van der Waals surface area contributed by atoms with Crippen LogP contribution in [-0.4, -0.2) is 177 Å². The third-order valence-corrected chi connectivity index (χ3v) is 18.3. The minimum Gasteiger partial charge on any atom is -0.387 e. The number of imidazole rings is 3. The first-order chi connectivity index (χ1) is 38.6. The fourth-order valence-electron chi connectivity index (χ4n) is 9.29. The Balaban J connectivity index is 0.876. The summed E-state index contributed by atoms with van der Waals surface area (Å²) in [7, 11) is -21.0. The minimum absolute atomic E-state index is 0.00357. The number of carbonyl (C=O) groups excluding carboxylic acids is 1. The van der Waals surface area contributed by atoms with Gasteiger partial charge in [0.25, 0.3) is 17.1 Å². The van der Waals surface area contributed by atoms with Gasteiger partial charge in [-0.1, -0.05) is 18.3 Å². The monoisotopic (exact) mass is 1240 g/mol. The molecule has 0 aliphatic carbocycles. The molecule has 6 aromatic rings. The van der Waals surface area contributed by atoms with E-state index in [1.165, 1.54) is 27.1 Å². The summed E-state index contributed by atoms with van der Waals surface area (Å²) in [5.41, 5.74) is 15.7. The number of phosphoric ester groups is 3. The number of rotatable bonds is 24. The van der Waals surface area contributed by atoms with Gasteiger partial charge in [-0.05, 0) is 6.42 Å². The number of hydrogen-bond donors (Lipinski definition) is 13. The molecule has 0 bridgehead atoms. The third-order valence-electron chi connectivity index (χ3n) is 13.0. The maximum atomic E-state index is 13.8. The van der Waals surface area contributed by atoms with Gasteiger partial charge in [-0.25, -0.2) is 42.8 Å². The van der Waals surface area contributed by atoms with Gasteiger partial charge >= 0.3 is 36.9 Å². The van der Waals surface area contributed by atoms with Crippen molar-refractivity contribution in [3.05, 3.63) is 46.0 Å². The normalized spacial score (nSPS) is 28.8. The van der Waals surface area contributed by atoms with Crippen LogP contribution in [0.4, 0.5) is 17.7 Å². The van der Waals surface area contributed by atoms with Crippen molar-refractivity contribution in [3.8, 4) is 0 Å². The Morgan fingerprint density at radius 2 is 1.35 bits per heavy atom. The molecule has 3 aliphatic heterocycles. The molecule has 40 nitrogen and oxygen atoms in total. The quantitative estimate of drug-likeness (QED) is 0.0210. The number of hydrogen-bond acceptors (Lipinski definition) is 29. The summed E-state index contributed by atoms with van der Waals surface area (Å²) in [6.45, 7) is -1.75. The first-order valence-corrected chi connectivity index (χ1v) is 30.2. The van der Waals surface area contributed by atoms with Gasteiger partial charge in [0.15, 0.2) is 41.4 Å². The molecule has 450 valence electrons. The van der Waals surface area contributed by atoms with E-state index in [1.807, 2.05) is 6.92 Å². The molecule has 6 aromatic heterocycles. The number of aryl methyl sites for hydroxylation is 1. The van der Waals surface area contributed by atoms with Gasteiger partial charge in [-0.2, -0.15) is 13.6 Å². The van der Waals surface area contributed by atoms with Gasteiger partial charge < -0.3 is 76.4 Å². The lowest BCUT2D eigenvalue weighted by Crippen LogP contribution is -2.46. The van der Waals surface area contributed by atoms with Crippen molar-refractivity contribution in [2.75, 3.05) is 50.7 Å². The highest BCUT2D eigenvalue weighted by Crippen LogP contribution is 2.68. The molecule has 9 rings (SSSR count). The number of phosphoric acid groups is 4. The number of nitrogens with zero attached hydrogens (tertiary/aromatic N) is 10. The Morgan fingerprint density at radius 1 is 0.744 bits per heavy atom. The van der Waals surface area contributed by atoms with E-state index in [0.717, 1.165) is 30.7 Å². The number of aromatic amines is 2. The zero-order valence-electron chi connectivity index (χ0n) is 42.8. The second-order valence-electron chi connectivity index (χ2n) is 18.5. The van der Waals surface area contributed by atoms with Crippen molar-refractivity contribution in [1.82, 2.24) is 58.9 Å². The highest BCUT2D eigenvalue weighted by Gasteiger charge is 2.54. The molecule has 4 unspecified atom stereocenters. The summed E-state index contributed by atoms with van der Waals surface area (Å²) in [6, 6.07) is 0. The number of carbonyl (C=O) groups is 1. The highest BCUT2D eigenvalue weighted by molar-refractivity contribution is 7.66. The number of aliphatic hydroxyl groups excluding tert-OH is 3. The summed E-state index contributed by atoms with van der Waals surface area (Å²) >= 11 is 0. The molecule has 82 heavy (non-hydrogen) atoms. The lowest BCUT2D eigenvalue weighted by atomic mass is 9.98. The smallest absolute Gasteiger partial charge is 0.387 e. The molecule has 16 N–H and O–H groups in total.